The van der Waals surface area contributed by atoms with E-state index in [9.17, 15) is 4.79 Å². The maximum absolute atomic E-state index is 13.2. The van der Waals surface area contributed by atoms with Crippen molar-refractivity contribution < 1.29 is 4.79 Å². The molecule has 0 radical (unpaired) electrons. The van der Waals surface area contributed by atoms with Gasteiger partial charge in [0.25, 0.3) is 5.91 Å². The van der Waals surface area contributed by atoms with Crippen LogP contribution in [0.15, 0.2) is 48.7 Å². The van der Waals surface area contributed by atoms with Crippen LogP contribution in [0.25, 0.3) is 22.2 Å². The number of aromatic amines is 1. The number of carbonyl (C=O) groups excluding carboxylic acids is 1. The predicted octanol–water partition coefficient (Wildman–Crippen LogP) is 2.15. The second-order valence-corrected chi connectivity index (χ2v) is 6.45. The van der Waals surface area contributed by atoms with E-state index in [4.69, 9.17) is 5.73 Å². The van der Waals surface area contributed by atoms with Crippen molar-refractivity contribution in [2.24, 2.45) is 0 Å². The number of nitrogens with two attached hydrogens (primary N) is 1. The number of benzene rings is 2. The summed E-state index contributed by atoms with van der Waals surface area (Å²) in [5.74, 6) is -0.0839. The van der Waals surface area contributed by atoms with Crippen LogP contribution in [0.2, 0.25) is 0 Å². The van der Waals surface area contributed by atoms with Gasteiger partial charge in [-0.2, -0.15) is 0 Å². The van der Waals surface area contributed by atoms with Gasteiger partial charge in [-0.25, -0.2) is 9.97 Å². The van der Waals surface area contributed by atoms with Crippen LogP contribution >= 0.6 is 0 Å². The van der Waals surface area contributed by atoms with Gasteiger partial charge in [-0.3, -0.25) is 9.89 Å². The molecule has 5 rings (SSSR count). The van der Waals surface area contributed by atoms with Gasteiger partial charge >= 0.3 is 0 Å². The molecule has 2 aromatic carbocycles. The van der Waals surface area contributed by atoms with Crippen LogP contribution in [0, 0.1) is 0 Å². The average molecular weight is 357 g/mol. The zero-order chi connectivity index (χ0) is 18.4. The fourth-order valence-electron chi connectivity index (χ4n) is 3.44. The lowest BCUT2D eigenvalue weighted by Gasteiger charge is -2.16. The first-order valence-electron chi connectivity index (χ1n) is 8.49. The van der Waals surface area contributed by atoms with E-state index >= 15 is 0 Å². The predicted molar refractivity (Wildman–Crippen MR) is 99.3 cm³/mol. The normalized spacial score (nSPS) is 13.1. The number of aromatic nitrogens is 5. The number of rotatable bonds is 2. The molecule has 1 aliphatic heterocycles. The van der Waals surface area contributed by atoms with Crippen molar-refractivity contribution in [3.05, 3.63) is 65.5 Å². The van der Waals surface area contributed by atoms with Gasteiger partial charge in [0.1, 0.15) is 11.4 Å². The Morgan fingerprint density at radius 2 is 1.85 bits per heavy atom. The molecule has 0 unspecified atom stereocenters. The number of hydrogen-bond acceptors (Lipinski definition) is 6. The van der Waals surface area contributed by atoms with Gasteiger partial charge in [0.2, 0.25) is 5.95 Å². The number of fused-ring (bicyclic) bond motifs is 2. The molecule has 0 bridgehead atoms. The summed E-state index contributed by atoms with van der Waals surface area (Å²) in [6.07, 6.45) is 1.69. The van der Waals surface area contributed by atoms with Crippen LogP contribution in [0.3, 0.4) is 0 Å². The van der Waals surface area contributed by atoms with Crippen LogP contribution < -0.4 is 5.73 Å². The highest BCUT2D eigenvalue weighted by Crippen LogP contribution is 2.28. The summed E-state index contributed by atoms with van der Waals surface area (Å²) in [5, 5.41) is 11.1. The van der Waals surface area contributed by atoms with E-state index in [1.165, 1.54) is 0 Å². The lowest BCUT2D eigenvalue weighted by molar-refractivity contribution is 0.0747. The molecule has 0 saturated carbocycles. The molecule has 0 atom stereocenters. The highest BCUT2D eigenvalue weighted by atomic mass is 16.2. The molecule has 0 aliphatic carbocycles. The van der Waals surface area contributed by atoms with Gasteiger partial charge in [0.15, 0.2) is 0 Å². The Bertz CT molecular complexity index is 1150. The van der Waals surface area contributed by atoms with Crippen LogP contribution in [0.4, 0.5) is 5.95 Å². The van der Waals surface area contributed by atoms with Crippen molar-refractivity contribution in [2.75, 3.05) is 5.73 Å². The summed E-state index contributed by atoms with van der Waals surface area (Å²) in [7, 11) is 0. The number of nitrogens with one attached hydrogen (secondary N) is 1. The summed E-state index contributed by atoms with van der Waals surface area (Å²) in [6.45, 7) is 1.12. The lowest BCUT2D eigenvalue weighted by atomic mass is 10.1. The van der Waals surface area contributed by atoms with E-state index in [2.05, 4.69) is 25.4 Å². The number of nitrogens with zero attached hydrogens (tertiary/aromatic N) is 5. The minimum atomic E-state index is -0.164. The minimum Gasteiger partial charge on any atom is -0.368 e. The Hall–Kier alpha value is -3.81. The maximum Gasteiger partial charge on any atom is 0.273 e. The zero-order valence-corrected chi connectivity index (χ0v) is 14.3. The molecule has 0 fully saturated rings. The van der Waals surface area contributed by atoms with E-state index in [0.717, 1.165) is 16.7 Å². The van der Waals surface area contributed by atoms with Crippen LogP contribution in [0.5, 0.6) is 0 Å². The van der Waals surface area contributed by atoms with Crippen molar-refractivity contribution in [2.45, 2.75) is 13.1 Å². The van der Waals surface area contributed by atoms with Crippen molar-refractivity contribution in [1.29, 1.82) is 0 Å². The lowest BCUT2D eigenvalue weighted by Crippen LogP contribution is -2.27. The van der Waals surface area contributed by atoms with Crippen molar-refractivity contribution >= 4 is 22.8 Å². The van der Waals surface area contributed by atoms with Crippen LogP contribution in [-0.2, 0) is 13.1 Å². The number of anilines is 1. The Labute approximate surface area is 154 Å². The molecule has 4 aromatic rings. The van der Waals surface area contributed by atoms with E-state index in [-0.39, 0.29) is 11.9 Å². The molecule has 1 aliphatic rings. The van der Waals surface area contributed by atoms with Gasteiger partial charge in [0, 0.05) is 30.2 Å². The Morgan fingerprint density at radius 1 is 1.07 bits per heavy atom. The van der Waals surface area contributed by atoms with Crippen LogP contribution in [-0.4, -0.2) is 36.2 Å². The molecule has 8 heteroatoms. The Balaban J connectivity index is 1.59. The molecule has 8 nitrogen and oxygen atoms in total. The highest BCUT2D eigenvalue weighted by Gasteiger charge is 2.26. The number of hydrogen-bond donors (Lipinski definition) is 2. The number of carbonyl (C=O) groups is 1. The monoisotopic (exact) mass is 357 g/mol. The molecular weight excluding hydrogens is 342 g/mol. The van der Waals surface area contributed by atoms with E-state index in [1.807, 2.05) is 42.5 Å². The fourth-order valence-corrected chi connectivity index (χ4v) is 3.44. The van der Waals surface area contributed by atoms with Gasteiger partial charge in [0.05, 0.1) is 5.52 Å². The third-order valence-corrected chi connectivity index (χ3v) is 4.76. The summed E-state index contributed by atoms with van der Waals surface area (Å²) in [6, 6.07) is 13.6. The SMILES string of the molecule is Nc1nc(C(=O)N2Cc3ccccc3C2)c2cc(-c3c[nH]nn3)ccc2n1. The number of nitrogen functional groups attached to an aromatic ring is 1. The summed E-state index contributed by atoms with van der Waals surface area (Å²) < 4.78 is 0. The minimum absolute atomic E-state index is 0.0803. The standard InChI is InChI=1S/C19H15N7O/c20-19-22-15-6-5-11(16-8-21-25-24-16)7-14(15)17(23-19)18(27)26-9-12-3-1-2-4-13(12)10-26/h1-8H,9-10H2,(H2,20,22,23)(H,21,24,25). The fraction of sp³-hybridized carbons (Fsp3) is 0.105. The zero-order valence-electron chi connectivity index (χ0n) is 14.3. The largest absolute Gasteiger partial charge is 0.368 e. The second-order valence-electron chi connectivity index (χ2n) is 6.45. The third kappa shape index (κ3) is 2.58. The summed E-state index contributed by atoms with van der Waals surface area (Å²) >= 11 is 0. The Kier molecular flexibility index (Phi) is 3.36. The first-order valence-corrected chi connectivity index (χ1v) is 8.49. The van der Waals surface area contributed by atoms with Crippen molar-refractivity contribution in [3.63, 3.8) is 0 Å². The van der Waals surface area contributed by atoms with Gasteiger partial charge in [-0.15, -0.1) is 5.10 Å². The van der Waals surface area contributed by atoms with E-state index in [1.54, 1.807) is 11.1 Å². The Morgan fingerprint density at radius 3 is 2.56 bits per heavy atom. The molecule has 3 N–H and O–H groups in total. The summed E-state index contributed by atoms with van der Waals surface area (Å²) in [5.41, 5.74) is 10.6. The van der Waals surface area contributed by atoms with Crippen LogP contribution in [0.1, 0.15) is 21.6 Å². The quantitative estimate of drug-likeness (QED) is 0.568. The first kappa shape index (κ1) is 15.4. The molecule has 1 amide bonds. The molecule has 27 heavy (non-hydrogen) atoms. The molecule has 3 heterocycles. The van der Waals surface area contributed by atoms with Crippen molar-refractivity contribution in [1.82, 2.24) is 30.3 Å². The van der Waals surface area contributed by atoms with E-state index < -0.39 is 0 Å². The third-order valence-electron chi connectivity index (χ3n) is 4.76. The number of amides is 1. The van der Waals surface area contributed by atoms with Gasteiger partial charge < -0.3 is 10.6 Å². The summed E-state index contributed by atoms with van der Waals surface area (Å²) in [4.78, 5) is 23.5. The first-order chi connectivity index (χ1) is 13.2. The van der Waals surface area contributed by atoms with E-state index in [0.29, 0.717) is 35.4 Å². The van der Waals surface area contributed by atoms with Gasteiger partial charge in [-0.05, 0) is 23.3 Å². The molecular formula is C19H15N7O. The average Bonchev–Trinajstić information content (AvgIpc) is 3.36. The molecule has 0 saturated heterocycles. The number of H-pyrrole nitrogens is 1. The van der Waals surface area contributed by atoms with Gasteiger partial charge in [-0.1, -0.05) is 35.5 Å². The highest BCUT2D eigenvalue weighted by molar-refractivity contribution is 6.05. The molecule has 132 valence electrons. The topological polar surface area (TPSA) is 114 Å². The maximum atomic E-state index is 13.2. The molecule has 0 spiro atoms. The molecule has 2 aromatic heterocycles. The second kappa shape index (κ2) is 5.87. The van der Waals surface area contributed by atoms with Crippen molar-refractivity contribution in [3.8, 4) is 11.3 Å². The smallest absolute Gasteiger partial charge is 0.273 e.